The van der Waals surface area contributed by atoms with E-state index >= 15 is 0 Å². The van der Waals surface area contributed by atoms with Gasteiger partial charge in [0.2, 0.25) is 0 Å². The first-order valence-electron chi connectivity index (χ1n) is 5.81. The van der Waals surface area contributed by atoms with Crippen molar-refractivity contribution in [3.63, 3.8) is 0 Å². The van der Waals surface area contributed by atoms with E-state index < -0.39 is 0 Å². The zero-order chi connectivity index (χ0) is 12.4. The van der Waals surface area contributed by atoms with E-state index in [0.717, 1.165) is 13.0 Å². The van der Waals surface area contributed by atoms with Crippen molar-refractivity contribution in [1.82, 2.24) is 4.90 Å². The van der Waals surface area contributed by atoms with Crippen molar-refractivity contribution in [3.8, 4) is 0 Å². The summed E-state index contributed by atoms with van der Waals surface area (Å²) in [4.78, 5) is 12.4. The monoisotopic (exact) mass is 214 g/mol. The lowest BCUT2D eigenvalue weighted by Gasteiger charge is -2.26. The molecular formula is C12H26N2O. The molecule has 0 saturated heterocycles. The van der Waals surface area contributed by atoms with Gasteiger partial charge in [-0.3, -0.25) is 0 Å². The maximum Gasteiger partial charge on any atom is 0.315 e. The van der Waals surface area contributed by atoms with E-state index in [1.807, 2.05) is 34.6 Å². The molecule has 0 radical (unpaired) electrons. The molecule has 1 rings (SSSR count). The summed E-state index contributed by atoms with van der Waals surface area (Å²) in [7, 11) is 0. The average Bonchev–Trinajstić information content (AvgIpc) is 2.27. The van der Waals surface area contributed by atoms with Gasteiger partial charge in [-0.25, -0.2) is 4.79 Å². The number of hydrogen-bond acceptors (Lipinski definition) is 1. The number of hydrogen-bond donors (Lipinski definition) is 1. The van der Waals surface area contributed by atoms with Crippen LogP contribution in [0.4, 0.5) is 4.79 Å². The summed E-state index contributed by atoms with van der Waals surface area (Å²) in [6.45, 7) is 13.6. The fourth-order valence-electron chi connectivity index (χ4n) is 1.20. The van der Waals surface area contributed by atoms with Crippen LogP contribution in [0.3, 0.4) is 0 Å². The van der Waals surface area contributed by atoms with Crippen LogP contribution in [0, 0.1) is 0 Å². The van der Waals surface area contributed by atoms with Gasteiger partial charge >= 0.3 is 6.03 Å². The predicted octanol–water partition coefficient (Wildman–Crippen LogP) is 3.16. The standard InChI is InChI=1S/C8H14N2O.2C2H6/c1-6-3-4-10(8(9)11)5-7(6)2;2*1-2/h3-5H2,1-2H3,(H2,9,11);2*1-2H3. The Morgan fingerprint density at radius 3 is 1.93 bits per heavy atom. The number of primary amides is 1. The van der Waals surface area contributed by atoms with Crippen LogP contribution in [0.25, 0.3) is 0 Å². The maximum absolute atomic E-state index is 10.7. The summed E-state index contributed by atoms with van der Waals surface area (Å²) in [6, 6.07) is -0.308. The van der Waals surface area contributed by atoms with Crippen molar-refractivity contribution < 1.29 is 4.79 Å². The van der Waals surface area contributed by atoms with E-state index in [1.54, 1.807) is 4.90 Å². The molecule has 1 heterocycles. The van der Waals surface area contributed by atoms with E-state index in [0.29, 0.717) is 6.54 Å². The van der Waals surface area contributed by atoms with Crippen molar-refractivity contribution in [1.29, 1.82) is 0 Å². The van der Waals surface area contributed by atoms with Crippen molar-refractivity contribution in [2.45, 2.75) is 48.0 Å². The Balaban J connectivity index is 0. The minimum atomic E-state index is -0.308. The highest BCUT2D eigenvalue weighted by Gasteiger charge is 2.15. The first-order valence-corrected chi connectivity index (χ1v) is 5.81. The second kappa shape index (κ2) is 9.56. The number of nitrogens with zero attached hydrogens (tertiary/aromatic N) is 1. The third-order valence-corrected chi connectivity index (χ3v) is 2.22. The smallest absolute Gasteiger partial charge is 0.315 e. The van der Waals surface area contributed by atoms with Crippen LogP contribution in [-0.2, 0) is 0 Å². The Bertz CT molecular complexity index is 210. The zero-order valence-corrected chi connectivity index (χ0v) is 11.1. The number of nitrogens with two attached hydrogens (primary N) is 1. The van der Waals surface area contributed by atoms with Crippen LogP contribution in [0.15, 0.2) is 11.1 Å². The summed E-state index contributed by atoms with van der Waals surface area (Å²) in [6.07, 6.45) is 0.967. The molecule has 0 atom stereocenters. The van der Waals surface area contributed by atoms with E-state index in [-0.39, 0.29) is 6.03 Å². The van der Waals surface area contributed by atoms with E-state index in [9.17, 15) is 4.79 Å². The summed E-state index contributed by atoms with van der Waals surface area (Å²) >= 11 is 0. The molecule has 2 N–H and O–H groups in total. The van der Waals surface area contributed by atoms with E-state index in [2.05, 4.69) is 6.92 Å². The molecule has 0 fully saturated rings. The molecule has 1 aliphatic rings. The zero-order valence-electron chi connectivity index (χ0n) is 11.1. The van der Waals surface area contributed by atoms with Gasteiger partial charge in [0.25, 0.3) is 0 Å². The second-order valence-corrected chi connectivity index (χ2v) is 3.07. The van der Waals surface area contributed by atoms with E-state index in [1.165, 1.54) is 11.1 Å². The average molecular weight is 214 g/mol. The van der Waals surface area contributed by atoms with Crippen LogP contribution in [-0.4, -0.2) is 24.0 Å². The van der Waals surface area contributed by atoms with Gasteiger partial charge in [-0.1, -0.05) is 38.8 Å². The Morgan fingerprint density at radius 2 is 1.60 bits per heavy atom. The molecule has 1 aliphatic heterocycles. The second-order valence-electron chi connectivity index (χ2n) is 3.07. The minimum Gasteiger partial charge on any atom is -0.351 e. The number of rotatable bonds is 0. The van der Waals surface area contributed by atoms with Crippen molar-refractivity contribution in [2.75, 3.05) is 13.1 Å². The third-order valence-electron chi connectivity index (χ3n) is 2.22. The topological polar surface area (TPSA) is 46.3 Å². The van der Waals surface area contributed by atoms with Crippen LogP contribution >= 0.6 is 0 Å². The fraction of sp³-hybridized carbons (Fsp3) is 0.750. The van der Waals surface area contributed by atoms with Gasteiger partial charge in [-0.05, 0) is 20.3 Å². The first-order chi connectivity index (χ1) is 7.11. The van der Waals surface area contributed by atoms with Gasteiger partial charge in [0.05, 0.1) is 0 Å². The molecule has 2 amide bonds. The van der Waals surface area contributed by atoms with Crippen molar-refractivity contribution >= 4 is 6.03 Å². The molecule has 3 heteroatoms. The Morgan fingerprint density at radius 1 is 1.13 bits per heavy atom. The Kier molecular flexibility index (Phi) is 10.5. The van der Waals surface area contributed by atoms with Gasteiger partial charge in [-0.2, -0.15) is 0 Å². The van der Waals surface area contributed by atoms with Gasteiger partial charge in [0.1, 0.15) is 0 Å². The Hall–Kier alpha value is -0.990. The predicted molar refractivity (Wildman–Crippen MR) is 66.8 cm³/mol. The van der Waals surface area contributed by atoms with Crippen LogP contribution in [0.2, 0.25) is 0 Å². The van der Waals surface area contributed by atoms with Gasteiger partial charge in [0, 0.05) is 13.1 Å². The van der Waals surface area contributed by atoms with Crippen molar-refractivity contribution in [3.05, 3.63) is 11.1 Å². The number of carbonyl (C=O) groups is 1. The molecule has 3 nitrogen and oxygen atoms in total. The van der Waals surface area contributed by atoms with Crippen molar-refractivity contribution in [2.24, 2.45) is 5.73 Å². The molecule has 0 aliphatic carbocycles. The summed E-state index contributed by atoms with van der Waals surface area (Å²) in [5.74, 6) is 0. The molecule has 0 aromatic heterocycles. The molecule has 0 aromatic carbocycles. The molecule has 90 valence electrons. The summed E-state index contributed by atoms with van der Waals surface area (Å²) in [5.41, 5.74) is 7.80. The fourth-order valence-corrected chi connectivity index (χ4v) is 1.20. The molecule has 0 aromatic rings. The van der Waals surface area contributed by atoms with Gasteiger partial charge in [-0.15, -0.1) is 0 Å². The molecule has 0 bridgehead atoms. The number of carbonyl (C=O) groups excluding carboxylic acids is 1. The lowest BCUT2D eigenvalue weighted by Crippen LogP contribution is -2.39. The first kappa shape index (κ1) is 16.4. The number of urea groups is 1. The normalized spacial score (nSPS) is 14.7. The highest BCUT2D eigenvalue weighted by atomic mass is 16.2. The lowest BCUT2D eigenvalue weighted by atomic mass is 10.0. The lowest BCUT2D eigenvalue weighted by molar-refractivity contribution is 0.210. The number of amides is 2. The van der Waals surface area contributed by atoms with Crippen LogP contribution in [0.1, 0.15) is 48.0 Å². The summed E-state index contributed by atoms with van der Waals surface area (Å²) in [5, 5.41) is 0. The highest BCUT2D eigenvalue weighted by Crippen LogP contribution is 2.15. The molecule has 0 saturated carbocycles. The largest absolute Gasteiger partial charge is 0.351 e. The quantitative estimate of drug-likeness (QED) is 0.619. The van der Waals surface area contributed by atoms with Crippen LogP contribution in [0.5, 0.6) is 0 Å². The van der Waals surface area contributed by atoms with E-state index in [4.69, 9.17) is 5.73 Å². The molecule has 0 unspecified atom stereocenters. The Labute approximate surface area is 94.3 Å². The van der Waals surface area contributed by atoms with Gasteiger partial charge in [0.15, 0.2) is 0 Å². The molecule has 0 spiro atoms. The molecule has 15 heavy (non-hydrogen) atoms. The third kappa shape index (κ3) is 6.15. The highest BCUT2D eigenvalue weighted by molar-refractivity contribution is 5.72. The van der Waals surface area contributed by atoms with Gasteiger partial charge < -0.3 is 10.6 Å². The maximum atomic E-state index is 10.7. The SMILES string of the molecule is CC.CC.CC1=C(C)CN(C(N)=O)CC1. The molecular weight excluding hydrogens is 188 g/mol. The summed E-state index contributed by atoms with van der Waals surface area (Å²) < 4.78 is 0. The van der Waals surface area contributed by atoms with Crippen LogP contribution < -0.4 is 5.73 Å². The minimum absolute atomic E-state index is 0.308.